The minimum absolute atomic E-state index is 0.630. The number of pyridine rings is 1. The summed E-state index contributed by atoms with van der Waals surface area (Å²) in [4.78, 5) is 15.2. The van der Waals surface area contributed by atoms with Crippen molar-refractivity contribution in [1.29, 1.82) is 0 Å². The summed E-state index contributed by atoms with van der Waals surface area (Å²) >= 11 is 0. The van der Waals surface area contributed by atoms with Gasteiger partial charge in [-0.1, -0.05) is 12.1 Å². The number of benzene rings is 1. The maximum absolute atomic E-state index is 10.9. The maximum atomic E-state index is 10.9. The van der Waals surface area contributed by atoms with E-state index < -0.39 is 0 Å². The lowest BCUT2D eigenvalue weighted by Crippen LogP contribution is -1.92. The summed E-state index contributed by atoms with van der Waals surface area (Å²) in [5.74, 6) is 0. The molecule has 2 rings (SSSR count). The number of carbonyl (C=O) groups excluding carboxylic acids is 1. The summed E-state index contributed by atoms with van der Waals surface area (Å²) in [5.41, 5.74) is 4.82. The Morgan fingerprint density at radius 3 is 2.62 bits per heavy atom. The normalized spacial score (nSPS) is 10.1. The highest BCUT2D eigenvalue weighted by atomic mass is 16.1. The van der Waals surface area contributed by atoms with Gasteiger partial charge in [0.15, 0.2) is 6.29 Å². The molecule has 2 nitrogen and oxygen atoms in total. The van der Waals surface area contributed by atoms with Crippen LogP contribution in [0.1, 0.15) is 21.5 Å². The third-order valence-electron chi connectivity index (χ3n) is 2.75. The lowest BCUT2D eigenvalue weighted by Gasteiger charge is -2.06. The molecule has 0 N–H and O–H groups in total. The third-order valence-corrected chi connectivity index (χ3v) is 2.75. The first-order valence-electron chi connectivity index (χ1n) is 5.20. The van der Waals surface area contributed by atoms with Gasteiger partial charge in [-0.3, -0.25) is 9.78 Å². The second kappa shape index (κ2) is 4.27. The van der Waals surface area contributed by atoms with E-state index >= 15 is 0 Å². The van der Waals surface area contributed by atoms with Gasteiger partial charge >= 0.3 is 0 Å². The van der Waals surface area contributed by atoms with Crippen LogP contribution >= 0.6 is 0 Å². The largest absolute Gasteiger partial charge is 0.298 e. The Morgan fingerprint density at radius 2 is 1.94 bits per heavy atom. The first kappa shape index (κ1) is 10.6. The van der Waals surface area contributed by atoms with Gasteiger partial charge in [-0.2, -0.15) is 0 Å². The van der Waals surface area contributed by atoms with Crippen LogP contribution < -0.4 is 0 Å². The summed E-state index contributed by atoms with van der Waals surface area (Å²) in [6.07, 6.45) is 2.55. The summed E-state index contributed by atoms with van der Waals surface area (Å²) in [5, 5.41) is 0. The number of carbonyl (C=O) groups is 1. The predicted molar refractivity (Wildman–Crippen MR) is 64.5 cm³/mol. The molecule has 0 spiro atoms. The minimum Gasteiger partial charge on any atom is -0.298 e. The molecule has 1 heterocycles. The van der Waals surface area contributed by atoms with E-state index in [2.05, 4.69) is 24.9 Å². The van der Waals surface area contributed by atoms with Gasteiger partial charge in [-0.05, 0) is 43.2 Å². The molecule has 2 heteroatoms. The molecule has 80 valence electrons. The van der Waals surface area contributed by atoms with E-state index in [1.807, 2.05) is 12.1 Å². The standard InChI is InChI=1S/C14H13NO/c1-10-5-6-12(8-11(10)2)14-13(9-16)4-3-7-15-14/h3-9H,1-2H3. The number of aromatic nitrogens is 1. The van der Waals surface area contributed by atoms with Crippen molar-refractivity contribution in [2.75, 3.05) is 0 Å². The van der Waals surface area contributed by atoms with Gasteiger partial charge in [0.2, 0.25) is 0 Å². The highest BCUT2D eigenvalue weighted by molar-refractivity contribution is 5.85. The molecule has 1 aromatic heterocycles. The van der Waals surface area contributed by atoms with E-state index in [4.69, 9.17) is 0 Å². The number of aldehydes is 1. The van der Waals surface area contributed by atoms with Gasteiger partial charge < -0.3 is 0 Å². The monoisotopic (exact) mass is 211 g/mol. The molecule has 0 aliphatic rings. The topological polar surface area (TPSA) is 30.0 Å². The first-order valence-corrected chi connectivity index (χ1v) is 5.20. The number of hydrogen-bond acceptors (Lipinski definition) is 2. The van der Waals surface area contributed by atoms with Crippen LogP contribution in [0.25, 0.3) is 11.3 Å². The molecule has 0 bridgehead atoms. The maximum Gasteiger partial charge on any atom is 0.152 e. The average molecular weight is 211 g/mol. The zero-order valence-electron chi connectivity index (χ0n) is 9.40. The Labute approximate surface area is 95.0 Å². The fraction of sp³-hybridized carbons (Fsp3) is 0.143. The highest BCUT2D eigenvalue weighted by Crippen LogP contribution is 2.22. The van der Waals surface area contributed by atoms with Crippen molar-refractivity contribution in [1.82, 2.24) is 4.98 Å². The van der Waals surface area contributed by atoms with E-state index in [9.17, 15) is 4.79 Å². The SMILES string of the molecule is Cc1ccc(-c2ncccc2C=O)cc1C. The summed E-state index contributed by atoms with van der Waals surface area (Å²) in [7, 11) is 0. The third kappa shape index (κ3) is 1.87. The molecular formula is C14H13NO. The van der Waals surface area contributed by atoms with Gasteiger partial charge in [0.1, 0.15) is 0 Å². The van der Waals surface area contributed by atoms with Gasteiger partial charge in [0, 0.05) is 17.3 Å². The van der Waals surface area contributed by atoms with E-state index in [-0.39, 0.29) is 0 Å². The van der Waals surface area contributed by atoms with Crippen LogP contribution in [0.3, 0.4) is 0 Å². The fourth-order valence-corrected chi connectivity index (χ4v) is 1.64. The van der Waals surface area contributed by atoms with E-state index in [1.54, 1.807) is 18.3 Å². The number of nitrogens with zero attached hydrogens (tertiary/aromatic N) is 1. The highest BCUT2D eigenvalue weighted by Gasteiger charge is 2.05. The van der Waals surface area contributed by atoms with E-state index in [0.29, 0.717) is 5.56 Å². The quantitative estimate of drug-likeness (QED) is 0.714. The second-order valence-electron chi connectivity index (χ2n) is 3.86. The van der Waals surface area contributed by atoms with Crippen LogP contribution in [-0.2, 0) is 0 Å². The Bertz CT molecular complexity index is 532. The van der Waals surface area contributed by atoms with Crippen LogP contribution in [0.5, 0.6) is 0 Å². The Hall–Kier alpha value is -1.96. The lowest BCUT2D eigenvalue weighted by atomic mass is 10.0. The molecule has 0 amide bonds. The van der Waals surface area contributed by atoms with Crippen LogP contribution in [-0.4, -0.2) is 11.3 Å². The molecule has 0 radical (unpaired) electrons. The molecule has 16 heavy (non-hydrogen) atoms. The zero-order valence-corrected chi connectivity index (χ0v) is 9.40. The Balaban J connectivity index is 2.58. The van der Waals surface area contributed by atoms with Crippen LogP contribution in [0.4, 0.5) is 0 Å². The minimum atomic E-state index is 0.630. The van der Waals surface area contributed by atoms with Crippen LogP contribution in [0, 0.1) is 13.8 Å². The summed E-state index contributed by atoms with van der Waals surface area (Å²) in [6.45, 7) is 4.13. The summed E-state index contributed by atoms with van der Waals surface area (Å²) < 4.78 is 0. The van der Waals surface area contributed by atoms with Gasteiger partial charge in [0.05, 0.1) is 5.69 Å². The van der Waals surface area contributed by atoms with Gasteiger partial charge in [-0.15, -0.1) is 0 Å². The van der Waals surface area contributed by atoms with Gasteiger partial charge in [0.25, 0.3) is 0 Å². The molecule has 1 aromatic carbocycles. The molecule has 0 atom stereocenters. The zero-order chi connectivity index (χ0) is 11.5. The lowest BCUT2D eigenvalue weighted by molar-refractivity contribution is 0.112. The van der Waals surface area contributed by atoms with Crippen LogP contribution in [0.2, 0.25) is 0 Å². The van der Waals surface area contributed by atoms with Crippen molar-refractivity contribution >= 4 is 6.29 Å². The van der Waals surface area contributed by atoms with E-state index in [1.165, 1.54) is 11.1 Å². The van der Waals surface area contributed by atoms with Crippen molar-refractivity contribution in [3.05, 3.63) is 53.2 Å². The number of rotatable bonds is 2. The molecule has 2 aromatic rings. The van der Waals surface area contributed by atoms with Crippen molar-refractivity contribution in [3.8, 4) is 11.3 Å². The molecule has 0 saturated carbocycles. The first-order chi connectivity index (χ1) is 7.72. The predicted octanol–water partition coefficient (Wildman–Crippen LogP) is 3.18. The van der Waals surface area contributed by atoms with Crippen molar-refractivity contribution in [2.24, 2.45) is 0 Å². The Morgan fingerprint density at radius 1 is 1.12 bits per heavy atom. The van der Waals surface area contributed by atoms with E-state index in [0.717, 1.165) is 17.5 Å². The molecular weight excluding hydrogens is 198 g/mol. The van der Waals surface area contributed by atoms with Gasteiger partial charge in [-0.25, -0.2) is 0 Å². The number of hydrogen-bond donors (Lipinski definition) is 0. The van der Waals surface area contributed by atoms with Crippen molar-refractivity contribution in [2.45, 2.75) is 13.8 Å². The summed E-state index contributed by atoms with van der Waals surface area (Å²) in [6, 6.07) is 9.66. The van der Waals surface area contributed by atoms with Crippen molar-refractivity contribution < 1.29 is 4.79 Å². The van der Waals surface area contributed by atoms with Crippen molar-refractivity contribution in [3.63, 3.8) is 0 Å². The Kier molecular flexibility index (Phi) is 2.82. The molecule has 0 fully saturated rings. The molecule has 0 aliphatic heterocycles. The fourth-order valence-electron chi connectivity index (χ4n) is 1.64. The smallest absolute Gasteiger partial charge is 0.152 e. The number of aryl methyl sites for hydroxylation is 2. The average Bonchev–Trinajstić information content (AvgIpc) is 2.32. The van der Waals surface area contributed by atoms with Crippen LogP contribution in [0.15, 0.2) is 36.5 Å². The molecule has 0 aliphatic carbocycles. The second-order valence-corrected chi connectivity index (χ2v) is 3.86. The molecule has 0 unspecified atom stereocenters. The molecule has 0 saturated heterocycles.